The zero-order valence-electron chi connectivity index (χ0n) is 18.4. The highest BCUT2D eigenvalue weighted by molar-refractivity contribution is 7.18. The lowest BCUT2D eigenvalue weighted by Gasteiger charge is -2.16. The number of aryl methyl sites for hydroxylation is 2. The van der Waals surface area contributed by atoms with Crippen molar-refractivity contribution in [3.05, 3.63) is 70.9 Å². The molecule has 35 heavy (non-hydrogen) atoms. The summed E-state index contributed by atoms with van der Waals surface area (Å²) < 4.78 is 47.5. The Morgan fingerprint density at radius 2 is 1.94 bits per heavy atom. The molecule has 5 rings (SSSR count). The van der Waals surface area contributed by atoms with E-state index in [1.807, 2.05) is 18.2 Å². The van der Waals surface area contributed by atoms with Gasteiger partial charge in [-0.15, -0.1) is 11.3 Å². The van der Waals surface area contributed by atoms with E-state index in [1.165, 1.54) is 0 Å². The van der Waals surface area contributed by atoms with Crippen LogP contribution in [0.5, 0.6) is 0 Å². The molecule has 2 aromatic heterocycles. The molecule has 0 unspecified atom stereocenters. The number of carbonyl (C=O) groups is 1. The van der Waals surface area contributed by atoms with Crippen LogP contribution in [0.25, 0.3) is 32.5 Å². The number of nitrogens with one attached hydrogen (secondary N) is 1. The molecule has 0 atom stereocenters. The number of halogens is 3. The maximum Gasteiger partial charge on any atom is 0.422 e. The van der Waals surface area contributed by atoms with Crippen molar-refractivity contribution in [2.75, 3.05) is 13.2 Å². The fraction of sp³-hybridized carbons (Fsp3) is 0.240. The Morgan fingerprint density at radius 3 is 2.69 bits per heavy atom. The number of hydrogen-bond acceptors (Lipinski definition) is 6. The summed E-state index contributed by atoms with van der Waals surface area (Å²) >= 11 is 1.15. The Bertz CT molecular complexity index is 1380. The van der Waals surface area contributed by atoms with E-state index in [4.69, 9.17) is 9.63 Å². The maximum atomic E-state index is 14.1. The zero-order valence-corrected chi connectivity index (χ0v) is 19.2. The third-order valence-electron chi connectivity index (χ3n) is 5.76. The zero-order chi connectivity index (χ0) is 24.6. The standard InChI is InChI=1S/C25H20F3N3O3S/c26-25(27,28)20-21(15-4-2-1-3-5-15)31-34-22(20)24-30-18-9-7-16-12-14(13-19(33)29-10-11-32)6-8-17(16)23(18)35-24/h1-6,8,12,32H,7,9-11,13H2,(H,29,33). The number of aliphatic hydroxyl groups is 1. The van der Waals surface area contributed by atoms with Gasteiger partial charge in [0.2, 0.25) is 11.7 Å². The predicted molar refractivity (Wildman–Crippen MR) is 125 cm³/mol. The molecule has 2 heterocycles. The molecule has 0 spiro atoms. The van der Waals surface area contributed by atoms with Gasteiger partial charge in [-0.3, -0.25) is 4.79 Å². The Hall–Kier alpha value is -3.50. The Morgan fingerprint density at radius 1 is 1.14 bits per heavy atom. The van der Waals surface area contributed by atoms with Crippen LogP contribution in [-0.4, -0.2) is 34.3 Å². The van der Waals surface area contributed by atoms with Gasteiger partial charge in [0.05, 0.1) is 23.6 Å². The molecule has 0 radical (unpaired) electrons. The minimum Gasteiger partial charge on any atom is -0.395 e. The van der Waals surface area contributed by atoms with Gasteiger partial charge in [-0.25, -0.2) is 4.98 Å². The molecule has 1 amide bonds. The normalized spacial score (nSPS) is 12.8. The average Bonchev–Trinajstić information content (AvgIpc) is 3.48. The molecular weight excluding hydrogens is 479 g/mol. The fourth-order valence-electron chi connectivity index (χ4n) is 4.20. The molecule has 6 nitrogen and oxygen atoms in total. The number of aliphatic hydroxyl groups excluding tert-OH is 1. The summed E-state index contributed by atoms with van der Waals surface area (Å²) in [5.41, 5.74) is 2.58. The number of rotatable bonds is 6. The molecule has 0 saturated heterocycles. The van der Waals surface area contributed by atoms with Gasteiger partial charge >= 0.3 is 6.18 Å². The second-order valence-electron chi connectivity index (χ2n) is 8.14. The molecule has 1 aliphatic carbocycles. The fourth-order valence-corrected chi connectivity index (χ4v) is 5.36. The number of hydrogen-bond donors (Lipinski definition) is 2. The van der Waals surface area contributed by atoms with Gasteiger partial charge in [-0.05, 0) is 29.5 Å². The summed E-state index contributed by atoms with van der Waals surface area (Å²) in [5, 5.41) is 15.4. The number of nitrogens with zero attached hydrogens (tertiary/aromatic N) is 2. The number of fused-ring (bicyclic) bond motifs is 3. The molecule has 2 N–H and O–H groups in total. The SMILES string of the molecule is O=C(Cc1ccc2c(c1)CCc1nc(-c3onc(-c4ccccc4)c3C(F)(F)F)sc1-2)NCCO. The van der Waals surface area contributed by atoms with Gasteiger partial charge in [0.25, 0.3) is 0 Å². The van der Waals surface area contributed by atoms with E-state index >= 15 is 0 Å². The number of thiazole rings is 1. The minimum atomic E-state index is -4.67. The van der Waals surface area contributed by atoms with Crippen LogP contribution in [0.3, 0.4) is 0 Å². The van der Waals surface area contributed by atoms with E-state index < -0.39 is 11.7 Å². The van der Waals surface area contributed by atoms with Crippen LogP contribution in [0, 0.1) is 0 Å². The molecular formula is C25H20F3N3O3S. The highest BCUT2D eigenvalue weighted by atomic mass is 32.1. The van der Waals surface area contributed by atoms with Gasteiger partial charge in [0.1, 0.15) is 11.3 Å². The van der Waals surface area contributed by atoms with Crippen molar-refractivity contribution >= 4 is 17.2 Å². The van der Waals surface area contributed by atoms with Gasteiger partial charge in [0.15, 0.2) is 5.01 Å². The molecule has 180 valence electrons. The molecule has 0 bridgehead atoms. The highest BCUT2D eigenvalue weighted by Gasteiger charge is 2.42. The van der Waals surface area contributed by atoms with Crippen molar-refractivity contribution in [3.63, 3.8) is 0 Å². The number of carbonyl (C=O) groups excluding carboxylic acids is 1. The van der Waals surface area contributed by atoms with E-state index in [9.17, 15) is 18.0 Å². The third-order valence-corrected chi connectivity index (χ3v) is 6.89. The first-order valence-corrected chi connectivity index (χ1v) is 11.8. The molecule has 4 aromatic rings. The topological polar surface area (TPSA) is 88.2 Å². The summed E-state index contributed by atoms with van der Waals surface area (Å²) in [6, 6.07) is 13.8. The van der Waals surface area contributed by atoms with Crippen molar-refractivity contribution in [3.8, 4) is 32.5 Å². The van der Waals surface area contributed by atoms with Crippen LogP contribution in [0.1, 0.15) is 22.4 Å². The molecule has 10 heteroatoms. The van der Waals surface area contributed by atoms with Crippen LogP contribution in [0.4, 0.5) is 13.2 Å². The van der Waals surface area contributed by atoms with E-state index in [0.717, 1.165) is 38.6 Å². The first-order chi connectivity index (χ1) is 16.8. The Balaban J connectivity index is 1.50. The average molecular weight is 500 g/mol. The minimum absolute atomic E-state index is 0.125. The van der Waals surface area contributed by atoms with Crippen LogP contribution < -0.4 is 5.32 Å². The van der Waals surface area contributed by atoms with E-state index in [1.54, 1.807) is 30.3 Å². The van der Waals surface area contributed by atoms with Gasteiger partial charge in [-0.1, -0.05) is 53.7 Å². The number of benzene rings is 2. The number of alkyl halides is 3. The van der Waals surface area contributed by atoms with E-state index in [2.05, 4.69) is 15.5 Å². The van der Waals surface area contributed by atoms with Gasteiger partial charge in [-0.2, -0.15) is 13.2 Å². The number of aromatic nitrogens is 2. The molecule has 0 aliphatic heterocycles. The van der Waals surface area contributed by atoms with Crippen LogP contribution in [0.15, 0.2) is 53.1 Å². The maximum absolute atomic E-state index is 14.1. The van der Waals surface area contributed by atoms with Gasteiger partial charge in [0, 0.05) is 12.1 Å². The summed E-state index contributed by atoms with van der Waals surface area (Å²) in [7, 11) is 0. The van der Waals surface area contributed by atoms with Crippen molar-refractivity contribution in [1.82, 2.24) is 15.5 Å². The van der Waals surface area contributed by atoms with Crippen molar-refractivity contribution in [2.45, 2.75) is 25.4 Å². The lowest BCUT2D eigenvalue weighted by molar-refractivity contribution is -0.136. The molecule has 0 saturated carbocycles. The summed E-state index contributed by atoms with van der Waals surface area (Å²) in [6.45, 7) is 0.0742. The summed E-state index contributed by atoms with van der Waals surface area (Å²) in [5.74, 6) is -0.565. The third kappa shape index (κ3) is 4.59. The molecule has 1 aliphatic rings. The molecule has 0 fully saturated rings. The van der Waals surface area contributed by atoms with Crippen LogP contribution >= 0.6 is 11.3 Å². The lowest BCUT2D eigenvalue weighted by Crippen LogP contribution is -2.27. The Labute approximate surface area is 202 Å². The monoisotopic (exact) mass is 499 g/mol. The quantitative estimate of drug-likeness (QED) is 0.394. The highest BCUT2D eigenvalue weighted by Crippen LogP contribution is 2.47. The predicted octanol–water partition coefficient (Wildman–Crippen LogP) is 4.90. The van der Waals surface area contributed by atoms with Crippen molar-refractivity contribution < 1.29 is 27.6 Å². The van der Waals surface area contributed by atoms with Crippen LogP contribution in [-0.2, 0) is 30.2 Å². The van der Waals surface area contributed by atoms with E-state index in [0.29, 0.717) is 18.4 Å². The first-order valence-electron chi connectivity index (χ1n) is 11.0. The van der Waals surface area contributed by atoms with Crippen molar-refractivity contribution in [2.24, 2.45) is 0 Å². The summed E-state index contributed by atoms with van der Waals surface area (Å²) in [6.07, 6.45) is -3.26. The van der Waals surface area contributed by atoms with Crippen LogP contribution in [0.2, 0.25) is 0 Å². The smallest absolute Gasteiger partial charge is 0.395 e. The molecule has 2 aromatic carbocycles. The summed E-state index contributed by atoms with van der Waals surface area (Å²) in [4.78, 5) is 17.3. The lowest BCUT2D eigenvalue weighted by atomic mass is 9.91. The Kier molecular flexibility index (Phi) is 6.16. The largest absolute Gasteiger partial charge is 0.422 e. The van der Waals surface area contributed by atoms with Crippen molar-refractivity contribution in [1.29, 1.82) is 0 Å². The number of amides is 1. The second-order valence-corrected chi connectivity index (χ2v) is 9.13. The van der Waals surface area contributed by atoms with Gasteiger partial charge < -0.3 is 14.9 Å². The van der Waals surface area contributed by atoms with E-state index in [-0.39, 0.29) is 41.9 Å². The second kappa shape index (κ2) is 9.27. The first kappa shape index (κ1) is 23.3.